The van der Waals surface area contributed by atoms with E-state index in [1.807, 2.05) is 30.3 Å². The summed E-state index contributed by atoms with van der Waals surface area (Å²) in [5, 5.41) is 6.35. The van der Waals surface area contributed by atoms with E-state index in [1.54, 1.807) is 17.0 Å². The Labute approximate surface area is 178 Å². The van der Waals surface area contributed by atoms with Crippen LogP contribution in [0.5, 0.6) is 0 Å². The molecule has 0 atom stereocenters. The highest BCUT2D eigenvalue weighted by atomic mass is 19.1. The number of nitrogens with zero attached hydrogens (tertiary/aromatic N) is 4. The van der Waals surface area contributed by atoms with Gasteiger partial charge >= 0.3 is 0 Å². The molecule has 0 saturated carbocycles. The molecule has 0 aliphatic carbocycles. The van der Waals surface area contributed by atoms with Crippen LogP contribution in [-0.2, 0) is 6.54 Å². The quantitative estimate of drug-likeness (QED) is 0.504. The minimum Gasteiger partial charge on any atom is -0.336 e. The number of fused-ring (bicyclic) bond motifs is 1. The number of hydrogen-bond acceptors (Lipinski definition) is 5. The van der Waals surface area contributed by atoms with Crippen LogP contribution in [-0.4, -0.2) is 52.0 Å². The number of piperazine rings is 1. The van der Waals surface area contributed by atoms with Crippen LogP contribution in [0.4, 0.5) is 4.39 Å². The van der Waals surface area contributed by atoms with Crippen molar-refractivity contribution >= 4 is 16.7 Å². The second kappa shape index (κ2) is 8.28. The lowest BCUT2D eigenvalue weighted by Gasteiger charge is -2.34. The molecule has 1 aromatic heterocycles. The molecule has 0 N–H and O–H groups in total. The third-order valence-corrected chi connectivity index (χ3v) is 5.58. The van der Waals surface area contributed by atoms with Gasteiger partial charge in [-0.2, -0.15) is 4.98 Å². The Balaban J connectivity index is 1.23. The standard InChI is InChI=1S/C24H21FN4O2/c25-19-8-3-7-18(15-19)24(30)29-13-11-28(12-14-29)16-22-26-23(31-27-22)21-10-4-6-17-5-1-2-9-20(17)21/h1-10,15H,11-14,16H2. The van der Waals surface area contributed by atoms with Crippen LogP contribution in [0.25, 0.3) is 22.2 Å². The summed E-state index contributed by atoms with van der Waals surface area (Å²) in [6.45, 7) is 3.08. The van der Waals surface area contributed by atoms with E-state index in [9.17, 15) is 9.18 Å². The highest BCUT2D eigenvalue weighted by Crippen LogP contribution is 2.27. The van der Waals surface area contributed by atoms with E-state index in [1.165, 1.54) is 12.1 Å². The maximum Gasteiger partial charge on any atom is 0.258 e. The fourth-order valence-electron chi connectivity index (χ4n) is 3.95. The first kappa shape index (κ1) is 19.4. The topological polar surface area (TPSA) is 62.5 Å². The van der Waals surface area contributed by atoms with Crippen molar-refractivity contribution in [1.29, 1.82) is 0 Å². The maximum atomic E-state index is 13.4. The summed E-state index contributed by atoms with van der Waals surface area (Å²) in [5.74, 6) is 0.583. The lowest BCUT2D eigenvalue weighted by molar-refractivity contribution is 0.0624. The molecule has 3 aromatic carbocycles. The highest BCUT2D eigenvalue weighted by molar-refractivity contribution is 5.95. The predicted molar refractivity (Wildman–Crippen MR) is 115 cm³/mol. The average molecular weight is 416 g/mol. The zero-order valence-corrected chi connectivity index (χ0v) is 16.9. The minimum atomic E-state index is -0.399. The van der Waals surface area contributed by atoms with Crippen molar-refractivity contribution in [3.05, 3.63) is 83.9 Å². The van der Waals surface area contributed by atoms with E-state index in [-0.39, 0.29) is 5.91 Å². The van der Waals surface area contributed by atoms with Gasteiger partial charge in [-0.1, -0.05) is 47.6 Å². The third-order valence-electron chi connectivity index (χ3n) is 5.58. The molecule has 5 rings (SSSR count). The SMILES string of the molecule is O=C(c1cccc(F)c1)N1CCN(Cc2noc(-c3cccc4ccccc34)n2)CC1. The zero-order chi connectivity index (χ0) is 21.2. The molecule has 0 radical (unpaired) electrons. The summed E-state index contributed by atoms with van der Waals surface area (Å²) in [7, 11) is 0. The van der Waals surface area contributed by atoms with Gasteiger partial charge in [0.05, 0.1) is 6.54 Å². The van der Waals surface area contributed by atoms with Crippen molar-refractivity contribution in [2.75, 3.05) is 26.2 Å². The van der Waals surface area contributed by atoms with Gasteiger partial charge in [0.25, 0.3) is 11.8 Å². The second-order valence-electron chi connectivity index (χ2n) is 7.62. The smallest absolute Gasteiger partial charge is 0.258 e. The van der Waals surface area contributed by atoms with Gasteiger partial charge in [-0.15, -0.1) is 0 Å². The van der Waals surface area contributed by atoms with Crippen LogP contribution in [0, 0.1) is 5.82 Å². The van der Waals surface area contributed by atoms with Gasteiger partial charge in [0, 0.05) is 37.3 Å². The van der Waals surface area contributed by atoms with Crippen LogP contribution < -0.4 is 0 Å². The first-order chi connectivity index (χ1) is 15.2. The van der Waals surface area contributed by atoms with Crippen molar-refractivity contribution in [3.63, 3.8) is 0 Å². The Hall–Kier alpha value is -3.58. The number of halogens is 1. The van der Waals surface area contributed by atoms with Crippen molar-refractivity contribution < 1.29 is 13.7 Å². The predicted octanol–water partition coefficient (Wildman–Crippen LogP) is 3.99. The highest BCUT2D eigenvalue weighted by Gasteiger charge is 2.23. The first-order valence-corrected chi connectivity index (χ1v) is 10.3. The summed E-state index contributed by atoms with van der Waals surface area (Å²) >= 11 is 0. The van der Waals surface area contributed by atoms with Crippen LogP contribution >= 0.6 is 0 Å². The number of carbonyl (C=O) groups is 1. The molecule has 2 heterocycles. The molecule has 6 nitrogen and oxygen atoms in total. The Kier molecular flexibility index (Phi) is 5.18. The molecule has 31 heavy (non-hydrogen) atoms. The molecule has 0 unspecified atom stereocenters. The zero-order valence-electron chi connectivity index (χ0n) is 16.9. The Morgan fingerprint density at radius 3 is 2.58 bits per heavy atom. The molecule has 156 valence electrons. The number of hydrogen-bond donors (Lipinski definition) is 0. The molecule has 1 amide bonds. The Morgan fingerprint density at radius 1 is 0.968 bits per heavy atom. The lowest BCUT2D eigenvalue weighted by Crippen LogP contribution is -2.48. The van der Waals surface area contributed by atoms with Crippen LogP contribution in [0.2, 0.25) is 0 Å². The summed E-state index contributed by atoms with van der Waals surface area (Å²) in [4.78, 5) is 21.1. The molecule has 1 aliphatic heterocycles. The fraction of sp³-hybridized carbons (Fsp3) is 0.208. The second-order valence-corrected chi connectivity index (χ2v) is 7.62. The van der Waals surface area contributed by atoms with Crippen LogP contribution in [0.3, 0.4) is 0 Å². The van der Waals surface area contributed by atoms with E-state index >= 15 is 0 Å². The molecule has 4 aromatic rings. The van der Waals surface area contributed by atoms with E-state index < -0.39 is 5.82 Å². The van der Waals surface area contributed by atoms with Gasteiger partial charge in [-0.25, -0.2) is 4.39 Å². The van der Waals surface area contributed by atoms with Gasteiger partial charge in [-0.05, 0) is 35.0 Å². The van der Waals surface area contributed by atoms with Gasteiger partial charge in [-0.3, -0.25) is 9.69 Å². The van der Waals surface area contributed by atoms with Crippen molar-refractivity contribution in [3.8, 4) is 11.5 Å². The lowest BCUT2D eigenvalue weighted by atomic mass is 10.0. The molecule has 0 bridgehead atoms. The monoisotopic (exact) mass is 416 g/mol. The number of benzene rings is 3. The van der Waals surface area contributed by atoms with Gasteiger partial charge in [0.2, 0.25) is 0 Å². The number of rotatable bonds is 4. The van der Waals surface area contributed by atoms with Gasteiger partial charge in [0.15, 0.2) is 5.82 Å². The molecular weight excluding hydrogens is 395 g/mol. The van der Waals surface area contributed by atoms with Crippen molar-refractivity contribution in [2.45, 2.75) is 6.54 Å². The summed E-state index contributed by atoms with van der Waals surface area (Å²) in [5.41, 5.74) is 1.30. The molecule has 1 fully saturated rings. The number of aromatic nitrogens is 2. The molecule has 1 aliphatic rings. The van der Waals surface area contributed by atoms with Crippen molar-refractivity contribution in [1.82, 2.24) is 19.9 Å². The van der Waals surface area contributed by atoms with Gasteiger partial charge in [0.1, 0.15) is 5.82 Å². The summed E-state index contributed by atoms with van der Waals surface area (Å²) < 4.78 is 18.9. The summed E-state index contributed by atoms with van der Waals surface area (Å²) in [6.07, 6.45) is 0. The minimum absolute atomic E-state index is 0.142. The first-order valence-electron chi connectivity index (χ1n) is 10.3. The summed E-state index contributed by atoms with van der Waals surface area (Å²) in [6, 6.07) is 19.9. The van der Waals surface area contributed by atoms with E-state index in [0.717, 1.165) is 16.3 Å². The third kappa shape index (κ3) is 4.04. The van der Waals surface area contributed by atoms with E-state index in [2.05, 4.69) is 27.2 Å². The Morgan fingerprint density at radius 2 is 1.74 bits per heavy atom. The van der Waals surface area contributed by atoms with Crippen molar-refractivity contribution in [2.24, 2.45) is 0 Å². The Bertz CT molecular complexity index is 1230. The maximum absolute atomic E-state index is 13.4. The average Bonchev–Trinajstić information content (AvgIpc) is 3.27. The number of amides is 1. The molecule has 1 saturated heterocycles. The van der Waals surface area contributed by atoms with E-state index in [0.29, 0.717) is 50.0 Å². The molecular formula is C24H21FN4O2. The van der Waals surface area contributed by atoms with Gasteiger partial charge < -0.3 is 9.42 Å². The largest absolute Gasteiger partial charge is 0.336 e. The van der Waals surface area contributed by atoms with Crippen LogP contribution in [0.15, 0.2) is 71.3 Å². The van der Waals surface area contributed by atoms with E-state index in [4.69, 9.17) is 4.52 Å². The normalized spacial score (nSPS) is 14.8. The fourth-order valence-corrected chi connectivity index (χ4v) is 3.95. The molecule has 0 spiro atoms. The number of carbonyl (C=O) groups excluding carboxylic acids is 1. The molecule has 7 heteroatoms. The van der Waals surface area contributed by atoms with Crippen LogP contribution in [0.1, 0.15) is 16.2 Å².